The molecule has 102 valence electrons. The van der Waals surface area contributed by atoms with E-state index in [4.69, 9.17) is 0 Å². The highest BCUT2D eigenvalue weighted by Gasteiger charge is 2.19. The van der Waals surface area contributed by atoms with E-state index in [2.05, 4.69) is 39.0 Å². The van der Waals surface area contributed by atoms with Crippen molar-refractivity contribution < 1.29 is 4.79 Å². The molecule has 0 saturated carbocycles. The lowest BCUT2D eigenvalue weighted by Crippen LogP contribution is -2.21. The van der Waals surface area contributed by atoms with Gasteiger partial charge in [0.25, 0.3) is 0 Å². The third-order valence-electron chi connectivity index (χ3n) is 3.71. The number of carbonyl (C=O) groups is 1. The lowest BCUT2D eigenvalue weighted by atomic mass is 9.97. The Morgan fingerprint density at radius 3 is 2.47 bits per heavy atom. The predicted molar refractivity (Wildman–Crippen MR) is 80.6 cm³/mol. The van der Waals surface area contributed by atoms with Crippen LogP contribution in [0.4, 0.5) is 0 Å². The maximum atomic E-state index is 12.6. The quantitative estimate of drug-likeness (QED) is 0.753. The van der Waals surface area contributed by atoms with Gasteiger partial charge in [0, 0.05) is 17.5 Å². The summed E-state index contributed by atoms with van der Waals surface area (Å²) >= 11 is 0. The topological polar surface area (TPSA) is 22.0 Å². The van der Waals surface area contributed by atoms with E-state index in [0.29, 0.717) is 0 Å². The Balaban J connectivity index is 2.34. The molecular weight excluding hydrogens is 234 g/mol. The molecule has 2 rings (SSSR count). The molecule has 1 aromatic carbocycles. The Hall–Kier alpha value is -1.57. The zero-order valence-corrected chi connectivity index (χ0v) is 12.1. The van der Waals surface area contributed by atoms with Gasteiger partial charge in [0.15, 0.2) is 0 Å². The van der Waals surface area contributed by atoms with E-state index in [0.717, 1.165) is 36.6 Å². The fourth-order valence-corrected chi connectivity index (χ4v) is 2.74. The van der Waals surface area contributed by atoms with Crippen LogP contribution < -0.4 is 0 Å². The van der Waals surface area contributed by atoms with Gasteiger partial charge in [-0.25, -0.2) is 0 Å². The summed E-state index contributed by atoms with van der Waals surface area (Å²) in [5, 5.41) is 1.15. The Kier molecular flexibility index (Phi) is 4.41. The molecule has 0 spiro atoms. The first-order chi connectivity index (χ1) is 9.17. The van der Waals surface area contributed by atoms with Crippen LogP contribution in [0.25, 0.3) is 10.9 Å². The summed E-state index contributed by atoms with van der Waals surface area (Å²) < 4.78 is 1.84. The van der Waals surface area contributed by atoms with E-state index >= 15 is 0 Å². The average molecular weight is 257 g/mol. The average Bonchev–Trinajstić information content (AvgIpc) is 2.80. The maximum Gasteiger partial charge on any atom is 0.234 e. The van der Waals surface area contributed by atoms with Crippen molar-refractivity contribution in [3.05, 3.63) is 36.0 Å². The number of aryl methyl sites for hydroxylation is 1. The highest BCUT2D eigenvalue weighted by Crippen LogP contribution is 2.22. The van der Waals surface area contributed by atoms with Crippen LogP contribution in [0.2, 0.25) is 0 Å². The molecule has 0 bridgehead atoms. The van der Waals surface area contributed by atoms with Crippen LogP contribution >= 0.6 is 0 Å². The zero-order chi connectivity index (χ0) is 13.8. The monoisotopic (exact) mass is 257 g/mol. The lowest BCUT2D eigenvalue weighted by Gasteiger charge is -2.15. The minimum Gasteiger partial charge on any atom is -0.287 e. The highest BCUT2D eigenvalue weighted by molar-refractivity contribution is 5.93. The minimum absolute atomic E-state index is 0.159. The second kappa shape index (κ2) is 6.05. The van der Waals surface area contributed by atoms with Gasteiger partial charge < -0.3 is 0 Å². The number of hydrogen-bond acceptors (Lipinski definition) is 1. The second-order valence-corrected chi connectivity index (χ2v) is 5.36. The molecule has 0 unspecified atom stereocenters. The van der Waals surface area contributed by atoms with Crippen molar-refractivity contribution in [1.82, 2.24) is 4.57 Å². The van der Waals surface area contributed by atoms with E-state index in [9.17, 15) is 4.79 Å². The summed E-state index contributed by atoms with van der Waals surface area (Å²) in [6.07, 6.45) is 6.02. The van der Waals surface area contributed by atoms with Crippen molar-refractivity contribution in [3.63, 3.8) is 0 Å². The van der Waals surface area contributed by atoms with E-state index < -0.39 is 0 Å². The van der Waals surface area contributed by atoms with Crippen LogP contribution in [0.15, 0.2) is 30.5 Å². The van der Waals surface area contributed by atoms with E-state index in [1.54, 1.807) is 0 Å². The Labute approximate surface area is 115 Å². The number of nitrogens with zero attached hydrogens (tertiary/aromatic N) is 1. The van der Waals surface area contributed by atoms with Gasteiger partial charge in [-0.1, -0.05) is 38.3 Å². The number of hydrogen-bond donors (Lipinski definition) is 0. The first-order valence-corrected chi connectivity index (χ1v) is 7.29. The van der Waals surface area contributed by atoms with Crippen molar-refractivity contribution >= 4 is 16.8 Å². The van der Waals surface area contributed by atoms with Crippen molar-refractivity contribution in [2.75, 3.05) is 0 Å². The summed E-state index contributed by atoms with van der Waals surface area (Å²) in [5.41, 5.74) is 2.27. The number of rotatable bonds is 5. The molecule has 0 amide bonds. The largest absolute Gasteiger partial charge is 0.287 e. The molecule has 0 aliphatic rings. The molecule has 0 aliphatic carbocycles. The van der Waals surface area contributed by atoms with Gasteiger partial charge in [0.05, 0.1) is 5.52 Å². The van der Waals surface area contributed by atoms with Gasteiger partial charge in [0.1, 0.15) is 0 Å². The summed E-state index contributed by atoms with van der Waals surface area (Å²) in [6, 6.07) is 8.29. The Morgan fingerprint density at radius 2 is 1.84 bits per heavy atom. The number of benzene rings is 1. The lowest BCUT2D eigenvalue weighted by molar-refractivity contribution is 0.0823. The van der Waals surface area contributed by atoms with Crippen molar-refractivity contribution in [3.8, 4) is 0 Å². The standard InChI is InChI=1S/C17H23NO/c1-4-6-14(7-5-2)17(19)18-11-10-15-12-13(3)8-9-16(15)18/h8-12,14H,4-7H2,1-3H3. The molecule has 0 fully saturated rings. The summed E-state index contributed by atoms with van der Waals surface area (Å²) in [5.74, 6) is 0.412. The van der Waals surface area contributed by atoms with Crippen molar-refractivity contribution in [1.29, 1.82) is 0 Å². The van der Waals surface area contributed by atoms with Gasteiger partial charge >= 0.3 is 0 Å². The molecule has 1 aromatic heterocycles. The molecule has 0 saturated heterocycles. The number of carbonyl (C=O) groups excluding carboxylic acids is 1. The van der Waals surface area contributed by atoms with Crippen molar-refractivity contribution in [2.24, 2.45) is 5.92 Å². The molecule has 2 aromatic rings. The molecule has 19 heavy (non-hydrogen) atoms. The van der Waals surface area contributed by atoms with Gasteiger partial charge in [-0.3, -0.25) is 9.36 Å². The van der Waals surface area contributed by atoms with Gasteiger partial charge in [-0.2, -0.15) is 0 Å². The van der Waals surface area contributed by atoms with Gasteiger partial charge in [0.2, 0.25) is 5.91 Å². The Bertz CT molecular complexity index is 562. The SMILES string of the molecule is CCCC(CCC)C(=O)n1ccc2cc(C)ccc21. The van der Waals surface area contributed by atoms with Crippen LogP contribution in [-0.4, -0.2) is 10.5 Å². The summed E-state index contributed by atoms with van der Waals surface area (Å²) in [6.45, 7) is 6.37. The third kappa shape index (κ3) is 2.89. The first-order valence-electron chi connectivity index (χ1n) is 7.29. The summed E-state index contributed by atoms with van der Waals surface area (Å²) in [7, 11) is 0. The molecular formula is C17H23NO. The normalized spacial score (nSPS) is 11.4. The third-order valence-corrected chi connectivity index (χ3v) is 3.71. The van der Waals surface area contributed by atoms with Crippen LogP contribution in [0.1, 0.15) is 49.9 Å². The second-order valence-electron chi connectivity index (χ2n) is 5.36. The fraction of sp³-hybridized carbons (Fsp3) is 0.471. The Morgan fingerprint density at radius 1 is 1.16 bits per heavy atom. The van der Waals surface area contributed by atoms with Crippen molar-refractivity contribution in [2.45, 2.75) is 46.5 Å². The molecule has 2 nitrogen and oxygen atoms in total. The number of fused-ring (bicyclic) bond motifs is 1. The van der Waals surface area contributed by atoms with Gasteiger partial charge in [-0.05, 0) is 38.0 Å². The van der Waals surface area contributed by atoms with E-state index in [1.807, 2.05) is 16.8 Å². The van der Waals surface area contributed by atoms with Crippen LogP contribution in [0.5, 0.6) is 0 Å². The predicted octanol–water partition coefficient (Wildman–Crippen LogP) is 4.81. The fourth-order valence-electron chi connectivity index (χ4n) is 2.74. The molecule has 0 radical (unpaired) electrons. The highest BCUT2D eigenvalue weighted by atomic mass is 16.2. The number of aromatic nitrogens is 1. The van der Waals surface area contributed by atoms with Crippen LogP contribution in [0, 0.1) is 12.8 Å². The maximum absolute atomic E-state index is 12.6. The molecule has 2 heteroatoms. The first kappa shape index (κ1) is 13.9. The smallest absolute Gasteiger partial charge is 0.234 e. The van der Waals surface area contributed by atoms with E-state index in [-0.39, 0.29) is 11.8 Å². The summed E-state index contributed by atoms with van der Waals surface area (Å²) in [4.78, 5) is 12.6. The van der Waals surface area contributed by atoms with Gasteiger partial charge in [-0.15, -0.1) is 0 Å². The molecule has 0 N–H and O–H groups in total. The zero-order valence-electron chi connectivity index (χ0n) is 12.1. The van der Waals surface area contributed by atoms with E-state index in [1.165, 1.54) is 5.56 Å². The molecule has 1 heterocycles. The van der Waals surface area contributed by atoms with Crippen LogP contribution in [-0.2, 0) is 0 Å². The van der Waals surface area contributed by atoms with Crippen LogP contribution in [0.3, 0.4) is 0 Å². The molecule has 0 atom stereocenters. The minimum atomic E-state index is 0.159. The molecule has 0 aliphatic heterocycles.